The molecule has 23 heavy (non-hydrogen) atoms. The summed E-state index contributed by atoms with van der Waals surface area (Å²) in [5.41, 5.74) is -0.354. The number of carbonyl (C=O) groups excluding carboxylic acids is 1. The van der Waals surface area contributed by atoms with Crippen molar-refractivity contribution in [1.29, 1.82) is 0 Å². The summed E-state index contributed by atoms with van der Waals surface area (Å²) in [4.78, 5) is 12.2. The third kappa shape index (κ3) is 3.94. The van der Waals surface area contributed by atoms with Gasteiger partial charge in [-0.05, 0) is 36.4 Å². The van der Waals surface area contributed by atoms with Crippen molar-refractivity contribution in [2.24, 2.45) is 0 Å². The van der Waals surface area contributed by atoms with E-state index in [1.165, 1.54) is 14.2 Å². The highest BCUT2D eigenvalue weighted by molar-refractivity contribution is 6.05. The maximum Gasteiger partial charge on any atom is 0.416 e. The first kappa shape index (κ1) is 16.7. The van der Waals surface area contributed by atoms with Gasteiger partial charge in [0.15, 0.2) is 0 Å². The molecule has 2 rings (SSSR count). The van der Waals surface area contributed by atoms with Crippen LogP contribution in [-0.2, 0) is 6.18 Å². The smallest absolute Gasteiger partial charge is 0.416 e. The number of hydrogen-bond donors (Lipinski definition) is 1. The fraction of sp³-hybridized carbons (Fsp3) is 0.188. The summed E-state index contributed by atoms with van der Waals surface area (Å²) >= 11 is 0. The van der Waals surface area contributed by atoms with E-state index in [4.69, 9.17) is 9.47 Å². The minimum atomic E-state index is -4.44. The van der Waals surface area contributed by atoms with Gasteiger partial charge in [-0.25, -0.2) is 0 Å². The SMILES string of the molecule is COc1ccc(OC)c(NC(=O)c2ccc(C(F)(F)F)cc2)c1. The maximum absolute atomic E-state index is 12.5. The van der Waals surface area contributed by atoms with Gasteiger partial charge in [-0.2, -0.15) is 13.2 Å². The molecule has 0 saturated heterocycles. The molecule has 0 saturated carbocycles. The lowest BCUT2D eigenvalue weighted by Crippen LogP contribution is -2.13. The molecule has 1 N–H and O–H groups in total. The summed E-state index contributed by atoms with van der Waals surface area (Å²) in [5, 5.41) is 2.59. The van der Waals surface area contributed by atoms with Gasteiger partial charge in [0.1, 0.15) is 11.5 Å². The van der Waals surface area contributed by atoms with Crippen molar-refractivity contribution in [3.63, 3.8) is 0 Å². The predicted octanol–water partition coefficient (Wildman–Crippen LogP) is 3.97. The standard InChI is InChI=1S/C16H14F3NO3/c1-22-12-7-8-14(23-2)13(9-12)20-15(21)10-3-5-11(6-4-10)16(17,18)19/h3-9H,1-2H3,(H,20,21). The molecule has 0 bridgehead atoms. The monoisotopic (exact) mass is 325 g/mol. The van der Waals surface area contributed by atoms with Crippen molar-refractivity contribution >= 4 is 11.6 Å². The lowest BCUT2D eigenvalue weighted by Gasteiger charge is -2.12. The van der Waals surface area contributed by atoms with Crippen molar-refractivity contribution < 1.29 is 27.4 Å². The van der Waals surface area contributed by atoms with Crippen molar-refractivity contribution in [3.8, 4) is 11.5 Å². The Morgan fingerprint density at radius 3 is 2.17 bits per heavy atom. The Morgan fingerprint density at radius 1 is 1.00 bits per heavy atom. The third-order valence-electron chi connectivity index (χ3n) is 3.13. The molecule has 0 heterocycles. The van der Waals surface area contributed by atoms with Gasteiger partial charge in [-0.15, -0.1) is 0 Å². The Balaban J connectivity index is 2.22. The van der Waals surface area contributed by atoms with Gasteiger partial charge < -0.3 is 14.8 Å². The van der Waals surface area contributed by atoms with E-state index >= 15 is 0 Å². The van der Waals surface area contributed by atoms with Crippen LogP contribution >= 0.6 is 0 Å². The summed E-state index contributed by atoms with van der Waals surface area (Å²) in [7, 11) is 2.92. The normalized spacial score (nSPS) is 11.0. The van der Waals surface area contributed by atoms with E-state index in [2.05, 4.69) is 5.32 Å². The van der Waals surface area contributed by atoms with Gasteiger partial charge >= 0.3 is 6.18 Å². The first-order valence-electron chi connectivity index (χ1n) is 6.56. The molecular formula is C16H14F3NO3. The summed E-state index contributed by atoms with van der Waals surface area (Å²) in [6.07, 6.45) is -4.44. The molecule has 0 aromatic heterocycles. The van der Waals surface area contributed by atoms with Crippen LogP contribution in [-0.4, -0.2) is 20.1 Å². The van der Waals surface area contributed by atoms with Gasteiger partial charge in [-0.1, -0.05) is 0 Å². The van der Waals surface area contributed by atoms with Gasteiger partial charge in [0, 0.05) is 11.6 Å². The van der Waals surface area contributed by atoms with E-state index in [-0.39, 0.29) is 5.56 Å². The van der Waals surface area contributed by atoms with Crippen LogP contribution in [0.4, 0.5) is 18.9 Å². The van der Waals surface area contributed by atoms with Gasteiger partial charge in [0.25, 0.3) is 5.91 Å². The number of rotatable bonds is 4. The van der Waals surface area contributed by atoms with Crippen LogP contribution in [0.5, 0.6) is 11.5 Å². The van der Waals surface area contributed by atoms with E-state index in [1.54, 1.807) is 18.2 Å². The Hall–Kier alpha value is -2.70. The van der Waals surface area contributed by atoms with Crippen molar-refractivity contribution in [2.45, 2.75) is 6.18 Å². The number of amides is 1. The Morgan fingerprint density at radius 2 is 1.65 bits per heavy atom. The lowest BCUT2D eigenvalue weighted by atomic mass is 10.1. The van der Waals surface area contributed by atoms with Crippen LogP contribution in [0.1, 0.15) is 15.9 Å². The van der Waals surface area contributed by atoms with Crippen molar-refractivity contribution in [2.75, 3.05) is 19.5 Å². The Labute approximate surface area is 130 Å². The number of alkyl halides is 3. The first-order chi connectivity index (χ1) is 10.8. The number of hydrogen-bond acceptors (Lipinski definition) is 3. The minimum Gasteiger partial charge on any atom is -0.497 e. The van der Waals surface area contributed by atoms with Crippen LogP contribution in [0.2, 0.25) is 0 Å². The number of benzene rings is 2. The minimum absolute atomic E-state index is 0.0999. The fourth-order valence-corrected chi connectivity index (χ4v) is 1.92. The molecular weight excluding hydrogens is 311 g/mol. The molecule has 2 aromatic carbocycles. The van der Waals surface area contributed by atoms with Crippen LogP contribution in [0.15, 0.2) is 42.5 Å². The molecule has 0 fully saturated rings. The molecule has 0 spiro atoms. The Kier molecular flexibility index (Phi) is 4.78. The van der Waals surface area contributed by atoms with Gasteiger partial charge in [0.2, 0.25) is 0 Å². The summed E-state index contributed by atoms with van der Waals surface area (Å²) in [6.45, 7) is 0. The predicted molar refractivity (Wildman–Crippen MR) is 78.9 cm³/mol. The average Bonchev–Trinajstić information content (AvgIpc) is 2.54. The highest BCUT2D eigenvalue weighted by Gasteiger charge is 2.30. The molecule has 0 aliphatic carbocycles. The highest BCUT2D eigenvalue weighted by Crippen LogP contribution is 2.31. The van der Waals surface area contributed by atoms with E-state index in [0.29, 0.717) is 17.2 Å². The van der Waals surface area contributed by atoms with Crippen molar-refractivity contribution in [3.05, 3.63) is 53.6 Å². The fourth-order valence-electron chi connectivity index (χ4n) is 1.92. The van der Waals surface area contributed by atoms with E-state index < -0.39 is 17.6 Å². The third-order valence-corrected chi connectivity index (χ3v) is 3.13. The molecule has 0 aliphatic rings. The van der Waals surface area contributed by atoms with Crippen molar-refractivity contribution in [1.82, 2.24) is 0 Å². The highest BCUT2D eigenvalue weighted by atomic mass is 19.4. The molecule has 0 aliphatic heterocycles. The van der Waals surface area contributed by atoms with Crippen LogP contribution < -0.4 is 14.8 Å². The number of anilines is 1. The van der Waals surface area contributed by atoms with Crippen LogP contribution in [0.3, 0.4) is 0 Å². The average molecular weight is 325 g/mol. The maximum atomic E-state index is 12.5. The molecule has 4 nitrogen and oxygen atoms in total. The second-order valence-corrected chi connectivity index (χ2v) is 4.60. The second-order valence-electron chi connectivity index (χ2n) is 4.60. The topological polar surface area (TPSA) is 47.6 Å². The van der Waals surface area contributed by atoms with E-state index in [0.717, 1.165) is 24.3 Å². The zero-order valence-electron chi connectivity index (χ0n) is 12.4. The van der Waals surface area contributed by atoms with Gasteiger partial charge in [0.05, 0.1) is 25.5 Å². The number of carbonyl (C=O) groups is 1. The largest absolute Gasteiger partial charge is 0.497 e. The Bertz CT molecular complexity index is 697. The second kappa shape index (κ2) is 6.60. The lowest BCUT2D eigenvalue weighted by molar-refractivity contribution is -0.137. The number of ether oxygens (including phenoxy) is 2. The number of nitrogens with one attached hydrogen (secondary N) is 1. The molecule has 1 amide bonds. The van der Waals surface area contributed by atoms with Crippen LogP contribution in [0.25, 0.3) is 0 Å². The summed E-state index contributed by atoms with van der Waals surface area (Å²) in [5.74, 6) is 0.366. The zero-order chi connectivity index (χ0) is 17.0. The summed E-state index contributed by atoms with van der Waals surface area (Å²) in [6, 6.07) is 8.78. The molecule has 122 valence electrons. The molecule has 0 unspecified atom stereocenters. The molecule has 7 heteroatoms. The molecule has 2 aromatic rings. The van der Waals surface area contributed by atoms with E-state index in [9.17, 15) is 18.0 Å². The first-order valence-corrected chi connectivity index (χ1v) is 6.56. The van der Waals surface area contributed by atoms with E-state index in [1.807, 2.05) is 0 Å². The quantitative estimate of drug-likeness (QED) is 0.925. The van der Waals surface area contributed by atoms with Crippen LogP contribution in [0, 0.1) is 0 Å². The number of methoxy groups -OCH3 is 2. The molecule has 0 atom stereocenters. The van der Waals surface area contributed by atoms with Gasteiger partial charge in [-0.3, -0.25) is 4.79 Å². The molecule has 0 radical (unpaired) electrons. The number of halogens is 3. The zero-order valence-corrected chi connectivity index (χ0v) is 12.4. The summed E-state index contributed by atoms with van der Waals surface area (Å²) < 4.78 is 47.7.